The van der Waals surface area contributed by atoms with Gasteiger partial charge < -0.3 is 30.6 Å². The third kappa shape index (κ3) is 5.93. The largest absolute Gasteiger partial charge is 0.480 e. The van der Waals surface area contributed by atoms with Crippen LogP contribution in [0.4, 0.5) is 10.8 Å². The van der Waals surface area contributed by atoms with Gasteiger partial charge in [-0.15, -0.1) is 23.1 Å². The topological polar surface area (TPSA) is 217 Å². The van der Waals surface area contributed by atoms with E-state index in [2.05, 4.69) is 15.5 Å². The zero-order valence-electron chi connectivity index (χ0n) is 23.8. The van der Waals surface area contributed by atoms with Crippen molar-refractivity contribution in [1.29, 1.82) is 0 Å². The lowest BCUT2D eigenvalue weighted by atomic mass is 9.85. The van der Waals surface area contributed by atoms with Gasteiger partial charge in [0, 0.05) is 35.1 Å². The number of thioether (sulfide) groups is 1. The summed E-state index contributed by atoms with van der Waals surface area (Å²) in [4.78, 5) is 73.4. The number of nitro benzene ring substituents is 1. The smallest absolute Gasteiger partial charge is 0.353 e. The molecule has 5 rings (SSSR count). The quantitative estimate of drug-likeness (QED) is 0.111. The van der Waals surface area contributed by atoms with Crippen LogP contribution in [0, 0.1) is 10.1 Å². The average Bonchev–Trinajstić information content (AvgIpc) is 3.53. The number of aromatic nitrogens is 1. The molecule has 0 bridgehead atoms. The van der Waals surface area contributed by atoms with Gasteiger partial charge in [0.1, 0.15) is 29.8 Å². The van der Waals surface area contributed by atoms with Gasteiger partial charge >= 0.3 is 11.9 Å². The maximum absolute atomic E-state index is 13.5. The van der Waals surface area contributed by atoms with Crippen LogP contribution in [0.3, 0.4) is 0 Å². The van der Waals surface area contributed by atoms with E-state index in [1.54, 1.807) is 13.8 Å². The molecule has 1 saturated carbocycles. The van der Waals surface area contributed by atoms with Crippen molar-refractivity contribution < 1.29 is 38.8 Å². The number of nitrogen functional groups attached to an aromatic ring is 1. The number of carboxylic acid groups (broad SMARTS) is 1. The Hall–Kier alpha value is -4.25. The molecule has 1 aromatic carbocycles. The van der Waals surface area contributed by atoms with Crippen LogP contribution in [0.15, 0.2) is 34.8 Å². The van der Waals surface area contributed by atoms with E-state index in [0.717, 1.165) is 17.8 Å². The lowest BCUT2D eigenvalue weighted by molar-refractivity contribution is -0.384. The summed E-state index contributed by atoms with van der Waals surface area (Å²) in [5.41, 5.74) is 4.50. The molecule has 2 saturated heterocycles. The summed E-state index contributed by atoms with van der Waals surface area (Å²) in [6.07, 6.45) is 2.67. The standard InChI is InChI=1S/C27H30N6O9S2/c1-26(2)19(23(36)37)32-21(35)18(22(32)44-26)30-20(34)17(16-13-43-25(28)29-16)31-42-27(10-4-3-5-11-27)24(38)41-12-14-6-8-15(9-7-14)33(39)40/h6-9,13,18-19,22H,3-5,10-12H2,1-2H3,(H2,28,29)(H,30,34)(H,36,37)/b31-17-/t18-,19+,22-/m1/s1. The molecule has 15 nitrogen and oxygen atoms in total. The number of carbonyl (C=O) groups excluding carboxylic acids is 3. The molecule has 17 heteroatoms. The fourth-order valence-electron chi connectivity index (χ4n) is 5.54. The zero-order chi connectivity index (χ0) is 31.8. The number of aliphatic carboxylic acids is 1. The Morgan fingerprint density at radius 1 is 1.23 bits per heavy atom. The molecule has 2 aromatic rings. The molecule has 234 valence electrons. The Balaban J connectivity index is 1.34. The van der Waals surface area contributed by atoms with Crippen LogP contribution < -0.4 is 11.1 Å². The third-order valence-electron chi connectivity index (χ3n) is 7.80. The first-order chi connectivity index (χ1) is 20.8. The maximum atomic E-state index is 13.5. The first-order valence-corrected chi connectivity index (χ1v) is 15.5. The normalized spacial score (nSPS) is 23.7. The molecular formula is C27H30N6O9S2. The number of hydrogen-bond acceptors (Lipinski definition) is 13. The Bertz CT molecular complexity index is 1520. The lowest BCUT2D eigenvalue weighted by Gasteiger charge is -2.43. The number of carboxylic acids is 1. The van der Waals surface area contributed by atoms with E-state index in [0.29, 0.717) is 18.4 Å². The van der Waals surface area contributed by atoms with Crippen LogP contribution in [-0.2, 0) is 35.4 Å². The van der Waals surface area contributed by atoms with Gasteiger partial charge in [0.05, 0.1) is 4.92 Å². The number of benzene rings is 1. The number of β-lactam (4-membered cyclic amide) rings is 1. The number of ether oxygens (including phenoxy) is 1. The van der Waals surface area contributed by atoms with Crippen molar-refractivity contribution in [1.82, 2.24) is 15.2 Å². The number of thiazole rings is 1. The molecule has 0 radical (unpaired) electrons. The molecule has 2 aliphatic heterocycles. The molecule has 0 spiro atoms. The van der Waals surface area contributed by atoms with Gasteiger partial charge in [-0.25, -0.2) is 14.6 Å². The van der Waals surface area contributed by atoms with Crippen molar-refractivity contribution in [2.24, 2.45) is 5.16 Å². The van der Waals surface area contributed by atoms with Gasteiger partial charge in [0.2, 0.25) is 11.5 Å². The van der Waals surface area contributed by atoms with Crippen molar-refractivity contribution in [2.75, 3.05) is 5.73 Å². The highest BCUT2D eigenvalue weighted by Crippen LogP contribution is 2.50. The number of non-ortho nitro benzene ring substituents is 1. The molecule has 44 heavy (non-hydrogen) atoms. The van der Waals surface area contributed by atoms with Crippen molar-refractivity contribution >= 4 is 63.4 Å². The SMILES string of the molecule is CC1(C)S[C@@H]2[C@H](NC(=O)/C(=N\OC3(C(=O)OCc4ccc([N+](=O)[O-])cc4)CCCCC3)c3csc(N)n3)C(=O)N2[C@H]1C(=O)O. The number of amides is 2. The van der Waals surface area contributed by atoms with Crippen molar-refractivity contribution in [3.05, 3.63) is 51.0 Å². The van der Waals surface area contributed by atoms with Gasteiger partial charge in [-0.05, 0) is 44.4 Å². The van der Waals surface area contributed by atoms with Crippen LogP contribution in [0.5, 0.6) is 0 Å². The number of nitrogens with one attached hydrogen (secondary N) is 1. The maximum Gasteiger partial charge on any atom is 0.353 e. The molecule has 3 heterocycles. The molecule has 3 fully saturated rings. The number of nitro groups is 1. The Morgan fingerprint density at radius 2 is 1.91 bits per heavy atom. The number of anilines is 1. The lowest BCUT2D eigenvalue weighted by Crippen LogP contribution is -2.71. The first kappa shape index (κ1) is 31.2. The van der Waals surface area contributed by atoms with Gasteiger partial charge in [-0.2, -0.15) is 0 Å². The number of nitrogens with zero attached hydrogens (tertiary/aromatic N) is 4. The van der Waals surface area contributed by atoms with Crippen LogP contribution in [0.1, 0.15) is 57.2 Å². The Kier molecular flexibility index (Phi) is 8.53. The number of rotatable bonds is 10. The monoisotopic (exact) mass is 646 g/mol. The van der Waals surface area contributed by atoms with E-state index in [9.17, 15) is 34.4 Å². The molecule has 2 amide bonds. The Labute approximate surface area is 259 Å². The van der Waals surface area contributed by atoms with E-state index in [1.807, 2.05) is 0 Å². The van der Waals surface area contributed by atoms with E-state index < -0.39 is 56.5 Å². The second-order valence-corrected chi connectivity index (χ2v) is 13.9. The van der Waals surface area contributed by atoms with Crippen molar-refractivity contribution in [3.8, 4) is 0 Å². The minimum atomic E-state index is -1.50. The predicted octanol–water partition coefficient (Wildman–Crippen LogP) is 2.43. The summed E-state index contributed by atoms with van der Waals surface area (Å²) in [7, 11) is 0. The molecule has 1 aromatic heterocycles. The summed E-state index contributed by atoms with van der Waals surface area (Å²) in [6, 6.07) is 3.54. The van der Waals surface area contributed by atoms with E-state index in [-0.39, 0.29) is 41.7 Å². The summed E-state index contributed by atoms with van der Waals surface area (Å²) in [5.74, 6) is -3.18. The summed E-state index contributed by atoms with van der Waals surface area (Å²) < 4.78 is 4.76. The van der Waals surface area contributed by atoms with E-state index in [4.69, 9.17) is 15.3 Å². The second kappa shape index (κ2) is 12.0. The average molecular weight is 647 g/mol. The predicted molar refractivity (Wildman–Crippen MR) is 159 cm³/mol. The highest BCUT2D eigenvalue weighted by molar-refractivity contribution is 8.01. The number of carbonyl (C=O) groups is 4. The number of hydrogen-bond donors (Lipinski definition) is 3. The number of fused-ring (bicyclic) bond motifs is 1. The minimum absolute atomic E-state index is 0.0710. The minimum Gasteiger partial charge on any atom is -0.480 e. The van der Waals surface area contributed by atoms with Gasteiger partial charge in [-0.3, -0.25) is 19.7 Å². The molecule has 3 atom stereocenters. The highest BCUT2D eigenvalue weighted by Gasteiger charge is 2.64. The second-order valence-electron chi connectivity index (χ2n) is 11.2. The fourth-order valence-corrected chi connectivity index (χ4v) is 7.71. The summed E-state index contributed by atoms with van der Waals surface area (Å²) >= 11 is 2.33. The van der Waals surface area contributed by atoms with Crippen LogP contribution in [0.2, 0.25) is 0 Å². The molecule has 4 N–H and O–H groups in total. The number of esters is 1. The molecule has 0 unspecified atom stereocenters. The van der Waals surface area contributed by atoms with Crippen LogP contribution in [-0.4, -0.2) is 77.2 Å². The first-order valence-electron chi connectivity index (χ1n) is 13.7. The van der Waals surface area contributed by atoms with Gasteiger partial charge in [-0.1, -0.05) is 11.6 Å². The van der Waals surface area contributed by atoms with Crippen LogP contribution >= 0.6 is 23.1 Å². The fraction of sp³-hybridized carbons (Fsp3) is 0.481. The van der Waals surface area contributed by atoms with Crippen molar-refractivity contribution in [2.45, 2.75) is 80.4 Å². The summed E-state index contributed by atoms with van der Waals surface area (Å²) in [6.45, 7) is 3.29. The third-order valence-corrected chi connectivity index (χ3v) is 10.0. The molecule has 1 aliphatic carbocycles. The van der Waals surface area contributed by atoms with Gasteiger partial charge in [0.15, 0.2) is 10.8 Å². The summed E-state index contributed by atoms with van der Waals surface area (Å²) in [5, 5.41) is 28.4. The zero-order valence-corrected chi connectivity index (χ0v) is 25.4. The van der Waals surface area contributed by atoms with Crippen molar-refractivity contribution in [3.63, 3.8) is 0 Å². The van der Waals surface area contributed by atoms with Gasteiger partial charge in [0.25, 0.3) is 11.6 Å². The Morgan fingerprint density at radius 3 is 2.50 bits per heavy atom. The number of oxime groups is 1. The molecular weight excluding hydrogens is 616 g/mol. The van der Waals surface area contributed by atoms with Crippen LogP contribution in [0.25, 0.3) is 0 Å². The van der Waals surface area contributed by atoms with E-state index >= 15 is 0 Å². The van der Waals surface area contributed by atoms with E-state index in [1.165, 1.54) is 46.3 Å². The molecule has 3 aliphatic rings. The number of nitrogens with two attached hydrogens (primary N) is 1. The highest BCUT2D eigenvalue weighted by atomic mass is 32.2.